The molecular formula is C17H31N3O. The van der Waals surface area contributed by atoms with Crippen LogP contribution in [0.2, 0.25) is 0 Å². The van der Waals surface area contributed by atoms with E-state index in [4.69, 9.17) is 5.26 Å². The first-order chi connectivity index (χ1) is 9.71. The van der Waals surface area contributed by atoms with Crippen molar-refractivity contribution in [3.05, 3.63) is 0 Å². The molecule has 1 saturated heterocycles. The summed E-state index contributed by atoms with van der Waals surface area (Å²) in [5.74, 6) is 1.40. The van der Waals surface area contributed by atoms with Gasteiger partial charge in [0.15, 0.2) is 0 Å². The molecule has 4 heteroatoms. The number of rotatable bonds is 5. The predicted octanol–water partition coefficient (Wildman–Crippen LogP) is 2.75. The molecule has 1 fully saturated rings. The maximum absolute atomic E-state index is 12.5. The second-order valence-electron chi connectivity index (χ2n) is 7.92. The van der Waals surface area contributed by atoms with Crippen LogP contribution in [0.3, 0.4) is 0 Å². The molecule has 0 aliphatic carbocycles. The summed E-state index contributed by atoms with van der Waals surface area (Å²) < 4.78 is 0. The number of hydrogen-bond acceptors (Lipinski definition) is 3. The van der Waals surface area contributed by atoms with E-state index in [2.05, 4.69) is 45.6 Å². The first kappa shape index (κ1) is 18.0. The van der Waals surface area contributed by atoms with Crippen molar-refractivity contribution in [2.45, 2.75) is 47.5 Å². The summed E-state index contributed by atoms with van der Waals surface area (Å²) >= 11 is 0. The van der Waals surface area contributed by atoms with Gasteiger partial charge in [0.2, 0.25) is 5.91 Å². The molecule has 0 aromatic heterocycles. The minimum Gasteiger partial charge on any atom is -0.341 e. The van der Waals surface area contributed by atoms with Gasteiger partial charge in [-0.1, -0.05) is 34.6 Å². The smallest absolute Gasteiger partial charge is 0.236 e. The first-order valence-corrected chi connectivity index (χ1v) is 8.08. The molecule has 0 saturated carbocycles. The van der Waals surface area contributed by atoms with Crippen molar-refractivity contribution in [1.82, 2.24) is 9.80 Å². The van der Waals surface area contributed by atoms with Crippen molar-refractivity contribution in [1.29, 1.82) is 5.26 Å². The normalized spacial score (nSPS) is 23.2. The van der Waals surface area contributed by atoms with Crippen LogP contribution in [0.4, 0.5) is 0 Å². The lowest BCUT2D eigenvalue weighted by atomic mass is 9.92. The molecule has 2 atom stereocenters. The van der Waals surface area contributed by atoms with Gasteiger partial charge >= 0.3 is 0 Å². The van der Waals surface area contributed by atoms with E-state index < -0.39 is 0 Å². The fourth-order valence-electron chi connectivity index (χ4n) is 3.25. The molecule has 0 radical (unpaired) electrons. The van der Waals surface area contributed by atoms with Gasteiger partial charge in [-0.15, -0.1) is 0 Å². The van der Waals surface area contributed by atoms with E-state index in [1.54, 1.807) is 0 Å². The van der Waals surface area contributed by atoms with Crippen LogP contribution < -0.4 is 0 Å². The van der Waals surface area contributed by atoms with Crippen LogP contribution in [-0.2, 0) is 4.79 Å². The Hall–Kier alpha value is -1.08. The minimum absolute atomic E-state index is 0.137. The Morgan fingerprint density at radius 1 is 1.29 bits per heavy atom. The largest absolute Gasteiger partial charge is 0.341 e. The Labute approximate surface area is 130 Å². The molecule has 1 aliphatic heterocycles. The molecule has 1 aliphatic rings. The minimum atomic E-state index is 0.137. The van der Waals surface area contributed by atoms with Crippen LogP contribution in [0.1, 0.15) is 47.5 Å². The Kier molecular flexibility index (Phi) is 6.67. The van der Waals surface area contributed by atoms with Crippen molar-refractivity contribution in [3.8, 4) is 6.07 Å². The summed E-state index contributed by atoms with van der Waals surface area (Å²) in [6.45, 7) is 14.7. The quantitative estimate of drug-likeness (QED) is 0.783. The Morgan fingerprint density at radius 3 is 2.33 bits per heavy atom. The Balaban J connectivity index is 2.60. The second-order valence-corrected chi connectivity index (χ2v) is 7.92. The van der Waals surface area contributed by atoms with E-state index in [1.165, 1.54) is 6.42 Å². The summed E-state index contributed by atoms with van der Waals surface area (Å²) in [7, 11) is 0. The van der Waals surface area contributed by atoms with E-state index in [0.717, 1.165) is 19.6 Å². The topological polar surface area (TPSA) is 47.3 Å². The van der Waals surface area contributed by atoms with Crippen molar-refractivity contribution in [2.24, 2.45) is 17.3 Å². The van der Waals surface area contributed by atoms with Gasteiger partial charge < -0.3 is 4.90 Å². The number of hydrogen-bond donors (Lipinski definition) is 0. The molecular weight excluding hydrogens is 262 g/mol. The highest BCUT2D eigenvalue weighted by Crippen LogP contribution is 2.21. The summed E-state index contributed by atoms with van der Waals surface area (Å²) in [4.78, 5) is 16.7. The molecule has 0 bridgehead atoms. The third kappa shape index (κ3) is 6.95. The maximum atomic E-state index is 12.5. The van der Waals surface area contributed by atoms with Crippen molar-refractivity contribution in [2.75, 3.05) is 32.7 Å². The summed E-state index contributed by atoms with van der Waals surface area (Å²) in [5.41, 5.74) is 0.137. The molecule has 0 aromatic rings. The average Bonchev–Trinajstić information content (AvgIpc) is 2.32. The van der Waals surface area contributed by atoms with Gasteiger partial charge in [0.25, 0.3) is 0 Å². The number of nitriles is 1. The second kappa shape index (κ2) is 7.79. The van der Waals surface area contributed by atoms with Gasteiger partial charge in [-0.3, -0.25) is 9.69 Å². The number of amides is 1. The lowest BCUT2D eigenvalue weighted by Crippen LogP contribution is -2.48. The van der Waals surface area contributed by atoms with Crippen LogP contribution in [0.25, 0.3) is 0 Å². The fourth-order valence-corrected chi connectivity index (χ4v) is 3.25. The van der Waals surface area contributed by atoms with Crippen LogP contribution in [0.5, 0.6) is 0 Å². The van der Waals surface area contributed by atoms with Crippen LogP contribution in [-0.4, -0.2) is 48.4 Å². The third-order valence-corrected chi connectivity index (χ3v) is 3.82. The van der Waals surface area contributed by atoms with Crippen molar-refractivity contribution < 1.29 is 4.79 Å². The van der Waals surface area contributed by atoms with E-state index in [0.29, 0.717) is 31.3 Å². The van der Waals surface area contributed by atoms with Crippen LogP contribution >= 0.6 is 0 Å². The summed E-state index contributed by atoms with van der Waals surface area (Å²) in [6.07, 6.45) is 1.69. The molecule has 0 aromatic carbocycles. The molecule has 1 amide bonds. The summed E-state index contributed by atoms with van der Waals surface area (Å²) in [6, 6.07) is 2.18. The molecule has 1 rings (SSSR count). The van der Waals surface area contributed by atoms with Gasteiger partial charge in [0, 0.05) is 32.6 Å². The van der Waals surface area contributed by atoms with Gasteiger partial charge in [0.05, 0.1) is 12.6 Å². The standard InChI is InChI=1S/C17H31N3O/c1-14-9-15(2)11-20(10-14)16(21)12-19(8-6-7-18)13-17(3,4)5/h14-15H,6,8-13H2,1-5H3. The zero-order valence-corrected chi connectivity index (χ0v) is 14.4. The van der Waals surface area contributed by atoms with Crippen LogP contribution in [0.15, 0.2) is 0 Å². The Bertz CT molecular complexity index is 370. The zero-order chi connectivity index (χ0) is 16.0. The first-order valence-electron chi connectivity index (χ1n) is 8.08. The van der Waals surface area contributed by atoms with E-state index in [1.807, 2.05) is 4.90 Å². The molecule has 0 spiro atoms. The number of nitrogens with zero attached hydrogens (tertiary/aromatic N) is 3. The monoisotopic (exact) mass is 293 g/mol. The highest BCUT2D eigenvalue weighted by Gasteiger charge is 2.27. The fraction of sp³-hybridized carbons (Fsp3) is 0.882. The molecule has 21 heavy (non-hydrogen) atoms. The van der Waals surface area contributed by atoms with Gasteiger partial charge in [-0.2, -0.15) is 5.26 Å². The SMILES string of the molecule is CC1CC(C)CN(C(=O)CN(CCC#N)CC(C)(C)C)C1. The van der Waals surface area contributed by atoms with Gasteiger partial charge in [-0.05, 0) is 23.7 Å². The molecule has 2 unspecified atom stereocenters. The summed E-state index contributed by atoms with van der Waals surface area (Å²) in [5, 5.41) is 8.79. The number of likely N-dealkylation sites (tertiary alicyclic amines) is 1. The molecule has 4 nitrogen and oxygen atoms in total. The Morgan fingerprint density at radius 2 is 1.86 bits per heavy atom. The van der Waals surface area contributed by atoms with Crippen molar-refractivity contribution in [3.63, 3.8) is 0 Å². The predicted molar refractivity (Wildman–Crippen MR) is 85.7 cm³/mol. The number of piperidine rings is 1. The van der Waals surface area contributed by atoms with Crippen molar-refractivity contribution >= 4 is 5.91 Å². The highest BCUT2D eigenvalue weighted by atomic mass is 16.2. The highest BCUT2D eigenvalue weighted by molar-refractivity contribution is 5.78. The number of carbonyl (C=O) groups excluding carboxylic acids is 1. The third-order valence-electron chi connectivity index (χ3n) is 3.82. The molecule has 1 heterocycles. The maximum Gasteiger partial charge on any atom is 0.236 e. The zero-order valence-electron chi connectivity index (χ0n) is 14.4. The molecule has 0 N–H and O–H groups in total. The van der Waals surface area contributed by atoms with Crippen LogP contribution in [0, 0.1) is 28.6 Å². The van der Waals surface area contributed by atoms with Gasteiger partial charge in [0.1, 0.15) is 0 Å². The van der Waals surface area contributed by atoms with Gasteiger partial charge in [-0.25, -0.2) is 0 Å². The number of carbonyl (C=O) groups is 1. The van der Waals surface area contributed by atoms with E-state index in [9.17, 15) is 4.79 Å². The average molecular weight is 293 g/mol. The molecule has 120 valence electrons. The van der Waals surface area contributed by atoms with E-state index in [-0.39, 0.29) is 11.3 Å². The lowest BCUT2D eigenvalue weighted by molar-refractivity contribution is -0.135. The van der Waals surface area contributed by atoms with E-state index >= 15 is 0 Å². The lowest BCUT2D eigenvalue weighted by Gasteiger charge is -2.37.